The van der Waals surface area contributed by atoms with E-state index in [2.05, 4.69) is 0 Å². The largest absolute Gasteiger partial charge is 0.0826 e. The van der Waals surface area contributed by atoms with E-state index in [-0.39, 0.29) is 0 Å². The fourth-order valence-corrected chi connectivity index (χ4v) is 4.96. The van der Waals surface area contributed by atoms with Crippen LogP contribution in [0.3, 0.4) is 0 Å². The Morgan fingerprint density at radius 3 is 1.70 bits per heavy atom. The second kappa shape index (κ2) is 6.74. The van der Waals surface area contributed by atoms with Crippen molar-refractivity contribution in [1.29, 1.82) is 0 Å². The zero-order valence-electron chi connectivity index (χ0n) is 6.17. The van der Waals surface area contributed by atoms with Gasteiger partial charge in [0.25, 0.3) is 0 Å². The second-order valence-corrected chi connectivity index (χ2v) is 6.95. The highest BCUT2D eigenvalue weighted by Crippen LogP contribution is 2.36. The molecule has 0 amide bonds. The summed E-state index contributed by atoms with van der Waals surface area (Å²) in [5.41, 5.74) is 0. The van der Waals surface area contributed by atoms with Gasteiger partial charge in [0.1, 0.15) is 0 Å². The monoisotopic (exact) mass is 194 g/mol. The lowest BCUT2D eigenvalue weighted by Crippen LogP contribution is -1.84. The molecule has 60 valence electrons. The molecule has 0 aromatic rings. The van der Waals surface area contributed by atoms with Crippen LogP contribution in [0.2, 0.25) is 0 Å². The van der Waals surface area contributed by atoms with Gasteiger partial charge in [0.05, 0.1) is 0 Å². The molecule has 0 aliphatic carbocycles. The van der Waals surface area contributed by atoms with Gasteiger partial charge in [-0.2, -0.15) is 0 Å². The first kappa shape index (κ1) is 9.14. The quantitative estimate of drug-likeness (QED) is 0.535. The van der Waals surface area contributed by atoms with Gasteiger partial charge in [-0.25, -0.2) is 0 Å². The third-order valence-electron chi connectivity index (χ3n) is 1.55. The van der Waals surface area contributed by atoms with Crippen LogP contribution in [0.15, 0.2) is 0 Å². The molecule has 1 rings (SSSR count). The molecule has 0 saturated carbocycles. The van der Waals surface area contributed by atoms with Crippen molar-refractivity contribution < 1.29 is 0 Å². The van der Waals surface area contributed by atoms with E-state index in [0.717, 1.165) is 0 Å². The highest BCUT2D eigenvalue weighted by molar-refractivity contribution is 9.09. The first-order chi connectivity index (χ1) is 5.00. The van der Waals surface area contributed by atoms with Crippen LogP contribution in [0.25, 0.3) is 0 Å². The lowest BCUT2D eigenvalue weighted by molar-refractivity contribution is 0.663. The predicted octanol–water partition coefficient (Wildman–Crippen LogP) is 3.98. The predicted molar refractivity (Wildman–Crippen MR) is 55.6 cm³/mol. The maximum Gasteiger partial charge on any atom is 0.00451 e. The molecule has 0 unspecified atom stereocenters. The van der Waals surface area contributed by atoms with Crippen molar-refractivity contribution in [2.75, 3.05) is 11.5 Å². The highest BCUT2D eigenvalue weighted by Gasteiger charge is 1.96. The Morgan fingerprint density at radius 2 is 1.10 bits per heavy atom. The third kappa shape index (κ3) is 4.80. The van der Waals surface area contributed by atoms with E-state index < -0.39 is 0 Å². The molecular weight excluding hydrogens is 180 g/mol. The Kier molecular flexibility index (Phi) is 6.16. The van der Waals surface area contributed by atoms with Gasteiger partial charge in [-0.15, -0.1) is 0 Å². The van der Waals surface area contributed by atoms with Gasteiger partial charge in [0, 0.05) is 11.5 Å². The molecule has 1 saturated heterocycles. The lowest BCUT2D eigenvalue weighted by Gasteiger charge is -2.04. The Hall–Kier alpha value is 1.05. The molecule has 1 fully saturated rings. The van der Waals surface area contributed by atoms with Gasteiger partial charge in [0.2, 0.25) is 0 Å². The minimum Gasteiger partial charge on any atom is -0.0826 e. The zero-order chi connectivity index (χ0) is 7.07. The average molecular weight is 194 g/mol. The zero-order valence-corrected chi connectivity index (χ0v) is 8.62. The molecule has 0 spiro atoms. The van der Waals surface area contributed by atoms with Gasteiger partial charge in [-0.1, -0.05) is 40.9 Å². The maximum absolute atomic E-state index is 2.03. The van der Waals surface area contributed by atoms with Crippen molar-refractivity contribution in [3.05, 3.63) is 0 Å². The highest BCUT2D eigenvalue weighted by atomic mass is 33.5. The van der Waals surface area contributed by atoms with Crippen LogP contribution in [-0.2, 0) is 0 Å². The summed E-state index contributed by atoms with van der Waals surface area (Å²) in [5, 5.41) is 0. The molecule has 0 aromatic heterocycles. The topological polar surface area (TPSA) is 0 Å². The Morgan fingerprint density at radius 1 is 0.600 bits per heavy atom. The van der Waals surface area contributed by atoms with Crippen LogP contribution >= 0.6 is 31.4 Å². The van der Waals surface area contributed by atoms with E-state index in [4.69, 9.17) is 0 Å². The van der Waals surface area contributed by atoms with Gasteiger partial charge < -0.3 is 0 Å². The summed E-state index contributed by atoms with van der Waals surface area (Å²) in [7, 11) is 6.05. The van der Waals surface area contributed by atoms with Gasteiger partial charge in [-0.3, -0.25) is 0 Å². The molecule has 3 heteroatoms. The van der Waals surface area contributed by atoms with Crippen molar-refractivity contribution in [2.45, 2.75) is 32.1 Å². The summed E-state index contributed by atoms with van der Waals surface area (Å²) in [6, 6.07) is 0. The molecule has 0 bridgehead atoms. The van der Waals surface area contributed by atoms with Crippen molar-refractivity contribution in [3.8, 4) is 0 Å². The van der Waals surface area contributed by atoms with Gasteiger partial charge in [0.15, 0.2) is 0 Å². The first-order valence-electron chi connectivity index (χ1n) is 3.91. The molecule has 0 N–H and O–H groups in total. The summed E-state index contributed by atoms with van der Waals surface area (Å²) in [6.07, 6.45) is 7.23. The number of hydrogen-bond acceptors (Lipinski definition) is 3. The maximum atomic E-state index is 2.03. The van der Waals surface area contributed by atoms with Crippen molar-refractivity contribution in [1.82, 2.24) is 0 Å². The SMILES string of the molecule is C1CCCSSSCCC1. The summed E-state index contributed by atoms with van der Waals surface area (Å²) < 4.78 is 0. The van der Waals surface area contributed by atoms with E-state index in [0.29, 0.717) is 0 Å². The summed E-state index contributed by atoms with van der Waals surface area (Å²) in [4.78, 5) is 0. The third-order valence-corrected chi connectivity index (χ3v) is 5.96. The standard InChI is InChI=1S/C7H14S3/c1-2-4-6-8-10-9-7-5-3-1/h1-7H2. The van der Waals surface area contributed by atoms with Crippen molar-refractivity contribution in [3.63, 3.8) is 0 Å². The first-order valence-corrected chi connectivity index (χ1v) is 7.73. The van der Waals surface area contributed by atoms with Crippen LogP contribution in [0.4, 0.5) is 0 Å². The van der Waals surface area contributed by atoms with Gasteiger partial charge >= 0.3 is 0 Å². The molecule has 0 aromatic carbocycles. The van der Waals surface area contributed by atoms with E-state index in [1.165, 1.54) is 43.6 Å². The molecule has 1 aliphatic rings. The van der Waals surface area contributed by atoms with E-state index in [1.54, 1.807) is 0 Å². The minimum atomic E-state index is 1.36. The molecular formula is C7H14S3. The summed E-state index contributed by atoms with van der Waals surface area (Å²) >= 11 is 0. The van der Waals surface area contributed by atoms with Crippen LogP contribution < -0.4 is 0 Å². The minimum absolute atomic E-state index is 1.36. The molecule has 0 nitrogen and oxygen atoms in total. The van der Waals surface area contributed by atoms with E-state index >= 15 is 0 Å². The number of rotatable bonds is 0. The van der Waals surface area contributed by atoms with Crippen LogP contribution in [0, 0.1) is 0 Å². The number of hydrogen-bond donors (Lipinski definition) is 0. The van der Waals surface area contributed by atoms with Crippen molar-refractivity contribution >= 4 is 31.4 Å². The molecule has 1 heterocycles. The van der Waals surface area contributed by atoms with Gasteiger partial charge in [-0.05, 0) is 22.7 Å². The smallest absolute Gasteiger partial charge is 0.00451 e. The lowest BCUT2D eigenvalue weighted by atomic mass is 10.2. The summed E-state index contributed by atoms with van der Waals surface area (Å²) in [5.74, 6) is 2.72. The molecule has 0 radical (unpaired) electrons. The Labute approximate surface area is 75.1 Å². The fourth-order valence-electron chi connectivity index (χ4n) is 0.954. The average Bonchev–Trinajstić information content (AvgIpc) is 2.01. The Balaban J connectivity index is 2.00. The van der Waals surface area contributed by atoms with E-state index in [9.17, 15) is 0 Å². The molecule has 10 heavy (non-hydrogen) atoms. The van der Waals surface area contributed by atoms with Crippen LogP contribution in [0.1, 0.15) is 32.1 Å². The normalized spacial score (nSPS) is 24.0. The van der Waals surface area contributed by atoms with E-state index in [1.807, 2.05) is 31.4 Å². The molecule has 0 atom stereocenters. The van der Waals surface area contributed by atoms with Crippen LogP contribution in [0.5, 0.6) is 0 Å². The second-order valence-electron chi connectivity index (χ2n) is 2.48. The van der Waals surface area contributed by atoms with Crippen LogP contribution in [-0.4, -0.2) is 11.5 Å². The Bertz CT molecular complexity index is 42.0. The summed E-state index contributed by atoms with van der Waals surface area (Å²) in [6.45, 7) is 0. The fraction of sp³-hybridized carbons (Fsp3) is 1.00. The molecule has 1 aliphatic heterocycles. The van der Waals surface area contributed by atoms with Crippen molar-refractivity contribution in [2.24, 2.45) is 0 Å².